The summed E-state index contributed by atoms with van der Waals surface area (Å²) < 4.78 is 38.8. The van der Waals surface area contributed by atoms with E-state index in [1.807, 2.05) is 38.1 Å². The number of hydrogen-bond acceptors (Lipinski definition) is 5. The van der Waals surface area contributed by atoms with Gasteiger partial charge in [-0.05, 0) is 68.5 Å². The summed E-state index contributed by atoms with van der Waals surface area (Å²) >= 11 is 0. The number of carbonyl (C=O) groups is 1. The van der Waals surface area contributed by atoms with Gasteiger partial charge < -0.3 is 14.8 Å². The SMILES string of the molecule is COc1ccc(S(=O)(=O)N2CCCCC2)cc1CCC(=O)NC(C)COc1ccccc1C. The molecule has 0 aliphatic carbocycles. The molecule has 1 unspecified atom stereocenters. The first-order chi connectivity index (χ1) is 15.8. The maximum absolute atomic E-state index is 13.0. The largest absolute Gasteiger partial charge is 0.496 e. The van der Waals surface area contributed by atoms with Crippen LogP contribution in [-0.4, -0.2) is 51.5 Å². The zero-order valence-corrected chi connectivity index (χ0v) is 20.5. The highest BCUT2D eigenvalue weighted by molar-refractivity contribution is 7.89. The molecule has 0 spiro atoms. The summed E-state index contributed by atoms with van der Waals surface area (Å²) in [6, 6.07) is 12.5. The molecule has 1 fully saturated rings. The second-order valence-electron chi connectivity index (χ2n) is 8.48. The van der Waals surface area contributed by atoms with Crippen LogP contribution in [0.5, 0.6) is 11.5 Å². The number of ether oxygens (including phenoxy) is 2. The van der Waals surface area contributed by atoms with E-state index in [0.29, 0.717) is 37.4 Å². The molecular formula is C25H34N2O5S. The van der Waals surface area contributed by atoms with Gasteiger partial charge in [-0.25, -0.2) is 8.42 Å². The lowest BCUT2D eigenvalue weighted by atomic mass is 10.1. The van der Waals surface area contributed by atoms with Gasteiger partial charge in [0.1, 0.15) is 18.1 Å². The van der Waals surface area contributed by atoms with E-state index in [4.69, 9.17) is 9.47 Å². The van der Waals surface area contributed by atoms with E-state index < -0.39 is 10.0 Å². The Morgan fingerprint density at radius 3 is 2.52 bits per heavy atom. The topological polar surface area (TPSA) is 84.9 Å². The Bertz CT molecular complexity index is 1050. The first kappa shape index (κ1) is 25.1. The molecule has 2 aromatic rings. The number of aryl methyl sites for hydroxylation is 2. The molecule has 1 saturated heterocycles. The van der Waals surface area contributed by atoms with E-state index in [1.54, 1.807) is 29.6 Å². The van der Waals surface area contributed by atoms with Crippen LogP contribution in [0.25, 0.3) is 0 Å². The second-order valence-corrected chi connectivity index (χ2v) is 10.4. The summed E-state index contributed by atoms with van der Waals surface area (Å²) in [4.78, 5) is 12.8. The fraction of sp³-hybridized carbons (Fsp3) is 0.480. The molecule has 0 bridgehead atoms. The second kappa shape index (κ2) is 11.5. The van der Waals surface area contributed by atoms with Crippen molar-refractivity contribution in [3.63, 3.8) is 0 Å². The fourth-order valence-electron chi connectivity index (χ4n) is 3.94. The van der Waals surface area contributed by atoms with Crippen molar-refractivity contribution in [1.29, 1.82) is 0 Å². The van der Waals surface area contributed by atoms with Crippen molar-refractivity contribution in [2.45, 2.75) is 56.9 Å². The lowest BCUT2D eigenvalue weighted by Crippen LogP contribution is -2.37. The fourth-order valence-corrected chi connectivity index (χ4v) is 5.50. The molecule has 33 heavy (non-hydrogen) atoms. The van der Waals surface area contributed by atoms with E-state index in [2.05, 4.69) is 5.32 Å². The number of hydrogen-bond donors (Lipinski definition) is 1. The Hall–Kier alpha value is -2.58. The van der Waals surface area contributed by atoms with E-state index >= 15 is 0 Å². The summed E-state index contributed by atoms with van der Waals surface area (Å²) in [7, 11) is -2.00. The molecule has 1 N–H and O–H groups in total. The normalized spacial score (nSPS) is 15.6. The minimum Gasteiger partial charge on any atom is -0.496 e. The zero-order chi connectivity index (χ0) is 23.8. The molecule has 1 aliphatic rings. The van der Waals surface area contributed by atoms with Crippen molar-refractivity contribution in [2.24, 2.45) is 0 Å². The summed E-state index contributed by atoms with van der Waals surface area (Å²) in [6.45, 7) is 5.33. The van der Waals surface area contributed by atoms with Crippen LogP contribution in [0.2, 0.25) is 0 Å². The average molecular weight is 475 g/mol. The van der Waals surface area contributed by atoms with Gasteiger partial charge in [0, 0.05) is 19.5 Å². The Morgan fingerprint density at radius 1 is 1.09 bits per heavy atom. The lowest BCUT2D eigenvalue weighted by Gasteiger charge is -2.26. The molecular weight excluding hydrogens is 440 g/mol. The summed E-state index contributed by atoms with van der Waals surface area (Å²) in [5, 5.41) is 2.94. The third-order valence-corrected chi connectivity index (χ3v) is 7.71. The van der Waals surface area contributed by atoms with Crippen LogP contribution in [0.15, 0.2) is 47.4 Å². The first-order valence-corrected chi connectivity index (χ1v) is 12.9. The van der Waals surface area contributed by atoms with Gasteiger partial charge in [-0.2, -0.15) is 4.31 Å². The van der Waals surface area contributed by atoms with Crippen LogP contribution in [0.1, 0.15) is 43.7 Å². The molecule has 3 rings (SSSR count). The Kier molecular flexibility index (Phi) is 8.74. The number of carbonyl (C=O) groups excluding carboxylic acids is 1. The highest BCUT2D eigenvalue weighted by atomic mass is 32.2. The highest BCUT2D eigenvalue weighted by Crippen LogP contribution is 2.27. The van der Waals surface area contributed by atoms with Gasteiger partial charge >= 0.3 is 0 Å². The number of piperidine rings is 1. The van der Waals surface area contributed by atoms with E-state index in [1.165, 1.54) is 0 Å². The van der Waals surface area contributed by atoms with E-state index in [-0.39, 0.29) is 23.3 Å². The minimum absolute atomic E-state index is 0.123. The van der Waals surface area contributed by atoms with Crippen LogP contribution in [0.4, 0.5) is 0 Å². The third-order valence-electron chi connectivity index (χ3n) is 5.82. The maximum atomic E-state index is 13.0. The number of sulfonamides is 1. The average Bonchev–Trinajstić information content (AvgIpc) is 2.82. The third kappa shape index (κ3) is 6.71. The number of nitrogens with zero attached hydrogens (tertiary/aromatic N) is 1. The smallest absolute Gasteiger partial charge is 0.243 e. The van der Waals surface area contributed by atoms with Crippen LogP contribution >= 0.6 is 0 Å². The predicted molar refractivity (Wildman–Crippen MR) is 128 cm³/mol. The minimum atomic E-state index is -3.54. The van der Waals surface area contributed by atoms with Gasteiger partial charge in [0.25, 0.3) is 0 Å². The molecule has 1 aliphatic heterocycles. The zero-order valence-electron chi connectivity index (χ0n) is 19.7. The number of para-hydroxylation sites is 1. The monoisotopic (exact) mass is 474 g/mol. The van der Waals surface area contributed by atoms with Crippen molar-refractivity contribution >= 4 is 15.9 Å². The molecule has 1 amide bonds. The van der Waals surface area contributed by atoms with Crippen LogP contribution < -0.4 is 14.8 Å². The summed E-state index contributed by atoms with van der Waals surface area (Å²) in [5.74, 6) is 1.26. The highest BCUT2D eigenvalue weighted by Gasteiger charge is 2.26. The number of nitrogens with one attached hydrogen (secondary N) is 1. The van der Waals surface area contributed by atoms with Crippen LogP contribution in [-0.2, 0) is 21.2 Å². The van der Waals surface area contributed by atoms with Crippen molar-refractivity contribution in [3.8, 4) is 11.5 Å². The van der Waals surface area contributed by atoms with Crippen molar-refractivity contribution in [1.82, 2.24) is 9.62 Å². The Morgan fingerprint density at radius 2 is 1.82 bits per heavy atom. The van der Waals surface area contributed by atoms with Crippen LogP contribution in [0.3, 0.4) is 0 Å². The number of methoxy groups -OCH3 is 1. The van der Waals surface area contributed by atoms with Crippen LogP contribution in [0, 0.1) is 6.92 Å². The van der Waals surface area contributed by atoms with Crippen molar-refractivity contribution < 1.29 is 22.7 Å². The van der Waals surface area contributed by atoms with Gasteiger partial charge in [-0.15, -0.1) is 0 Å². The summed E-state index contributed by atoms with van der Waals surface area (Å²) in [5.41, 5.74) is 1.75. The lowest BCUT2D eigenvalue weighted by molar-refractivity contribution is -0.121. The molecule has 180 valence electrons. The summed E-state index contributed by atoms with van der Waals surface area (Å²) in [6.07, 6.45) is 3.42. The molecule has 0 aromatic heterocycles. The molecule has 7 nitrogen and oxygen atoms in total. The van der Waals surface area contributed by atoms with E-state index in [9.17, 15) is 13.2 Å². The van der Waals surface area contributed by atoms with Crippen molar-refractivity contribution in [2.75, 3.05) is 26.8 Å². The van der Waals surface area contributed by atoms with E-state index in [0.717, 1.165) is 30.6 Å². The number of benzene rings is 2. The van der Waals surface area contributed by atoms with Gasteiger partial charge in [0.15, 0.2) is 0 Å². The number of rotatable bonds is 10. The first-order valence-electron chi connectivity index (χ1n) is 11.5. The maximum Gasteiger partial charge on any atom is 0.243 e. The van der Waals surface area contributed by atoms with Crippen molar-refractivity contribution in [3.05, 3.63) is 53.6 Å². The van der Waals surface area contributed by atoms with Gasteiger partial charge in [0.05, 0.1) is 18.0 Å². The van der Waals surface area contributed by atoms with Gasteiger partial charge in [-0.1, -0.05) is 24.6 Å². The Labute approximate surface area is 197 Å². The molecule has 0 radical (unpaired) electrons. The predicted octanol–water partition coefficient (Wildman–Crippen LogP) is 3.69. The molecule has 2 aromatic carbocycles. The quantitative estimate of drug-likeness (QED) is 0.568. The standard InChI is InChI=1S/C25H34N2O5S/c1-19-9-5-6-10-23(19)32-18-20(2)26-25(28)14-11-21-17-22(12-13-24(21)31-3)33(29,30)27-15-7-4-8-16-27/h5-6,9-10,12-13,17,20H,4,7-8,11,14-16,18H2,1-3H3,(H,26,28). The molecule has 1 heterocycles. The molecule has 0 saturated carbocycles. The molecule has 1 atom stereocenters. The number of amides is 1. The van der Waals surface area contributed by atoms with Gasteiger partial charge in [0.2, 0.25) is 15.9 Å². The Balaban J connectivity index is 1.58. The molecule has 8 heteroatoms. The van der Waals surface area contributed by atoms with Gasteiger partial charge in [-0.3, -0.25) is 4.79 Å².